The van der Waals surface area contributed by atoms with E-state index in [0.29, 0.717) is 0 Å². The molecule has 0 aliphatic rings. The van der Waals surface area contributed by atoms with Crippen molar-refractivity contribution >= 4 is 0 Å². The van der Waals surface area contributed by atoms with Crippen molar-refractivity contribution in [2.75, 3.05) is 13.2 Å². The molecule has 0 aromatic carbocycles. The predicted octanol–water partition coefficient (Wildman–Crippen LogP) is -2.60. The van der Waals surface area contributed by atoms with Crippen LogP contribution in [0.4, 0.5) is 0 Å². The maximum atomic E-state index is 8.76. The first-order valence-electron chi connectivity index (χ1n) is 2.89. The van der Waals surface area contributed by atoms with Crippen LogP contribution in [-0.2, 0) is 0 Å². The van der Waals surface area contributed by atoms with Gasteiger partial charge in [-0.25, -0.2) is 0 Å². The Morgan fingerprint density at radius 1 is 1.20 bits per heavy atom. The number of hydrogen-bond acceptors (Lipinski definition) is 5. The Balaban J connectivity index is 3.78. The summed E-state index contributed by atoms with van der Waals surface area (Å²) in [5.74, 6) is -2.50. The van der Waals surface area contributed by atoms with Gasteiger partial charge in [0.25, 0.3) is 0 Å². The molecule has 62 valence electrons. The van der Waals surface area contributed by atoms with Gasteiger partial charge < -0.3 is 25.5 Å². The lowest BCUT2D eigenvalue weighted by molar-refractivity contribution is -0.245. The Morgan fingerprint density at radius 3 is 2.00 bits per heavy atom. The van der Waals surface area contributed by atoms with Crippen molar-refractivity contribution in [2.24, 2.45) is 0 Å². The highest BCUT2D eigenvalue weighted by atomic mass is 16.5. The normalized spacial score (nSPS) is 15.3. The van der Waals surface area contributed by atoms with Crippen LogP contribution in [0.5, 0.6) is 0 Å². The van der Waals surface area contributed by atoms with Crippen molar-refractivity contribution < 1.29 is 25.5 Å². The van der Waals surface area contributed by atoms with E-state index in [1.807, 2.05) is 0 Å². The average molecular weight is 152 g/mol. The van der Waals surface area contributed by atoms with Crippen molar-refractivity contribution in [1.82, 2.24) is 0 Å². The average Bonchev–Trinajstić information content (AvgIpc) is 1.89. The van der Waals surface area contributed by atoms with E-state index in [-0.39, 0.29) is 13.0 Å². The van der Waals surface area contributed by atoms with Gasteiger partial charge in [0, 0.05) is 13.0 Å². The van der Waals surface area contributed by atoms with Crippen LogP contribution in [0, 0.1) is 0 Å². The molecule has 10 heavy (non-hydrogen) atoms. The van der Waals surface area contributed by atoms with Gasteiger partial charge in [-0.2, -0.15) is 0 Å². The third kappa shape index (κ3) is 2.59. The molecular formula is C5H12O5. The Labute approximate surface area is 58.2 Å². The van der Waals surface area contributed by atoms with Crippen LogP contribution in [0.1, 0.15) is 6.42 Å². The fourth-order valence-electron chi connectivity index (χ4n) is 0.459. The van der Waals surface area contributed by atoms with Crippen molar-refractivity contribution in [3.8, 4) is 0 Å². The monoisotopic (exact) mass is 152 g/mol. The van der Waals surface area contributed by atoms with Crippen LogP contribution in [0.25, 0.3) is 0 Å². The second-order valence-electron chi connectivity index (χ2n) is 2.06. The molecule has 0 unspecified atom stereocenters. The lowest BCUT2D eigenvalue weighted by Gasteiger charge is -2.24. The van der Waals surface area contributed by atoms with E-state index in [2.05, 4.69) is 0 Å². The van der Waals surface area contributed by atoms with E-state index in [0.717, 1.165) is 0 Å². The van der Waals surface area contributed by atoms with Crippen molar-refractivity contribution in [2.45, 2.75) is 18.3 Å². The van der Waals surface area contributed by atoms with E-state index >= 15 is 0 Å². The molecule has 0 aliphatic carbocycles. The molecule has 0 aromatic rings. The number of hydrogen-bond donors (Lipinski definition) is 5. The van der Waals surface area contributed by atoms with Crippen LogP contribution >= 0.6 is 0 Å². The molecule has 0 aliphatic heterocycles. The number of aliphatic hydroxyl groups is 5. The van der Waals surface area contributed by atoms with Gasteiger partial charge in [0.1, 0.15) is 6.10 Å². The molecule has 0 aromatic heterocycles. The van der Waals surface area contributed by atoms with Crippen LogP contribution in [-0.4, -0.2) is 50.6 Å². The van der Waals surface area contributed by atoms with Gasteiger partial charge in [-0.15, -0.1) is 0 Å². The summed E-state index contributed by atoms with van der Waals surface area (Å²) < 4.78 is 0. The first-order chi connectivity index (χ1) is 4.54. The third-order valence-corrected chi connectivity index (χ3v) is 1.17. The van der Waals surface area contributed by atoms with Crippen molar-refractivity contribution in [3.05, 3.63) is 0 Å². The van der Waals surface area contributed by atoms with Gasteiger partial charge in [0.15, 0.2) is 0 Å². The topological polar surface area (TPSA) is 101 Å². The molecule has 0 saturated heterocycles. The fourth-order valence-corrected chi connectivity index (χ4v) is 0.459. The Kier molecular flexibility index (Phi) is 3.77. The van der Waals surface area contributed by atoms with Crippen LogP contribution < -0.4 is 0 Å². The number of aliphatic hydroxyl groups excluding tert-OH is 3. The highest BCUT2D eigenvalue weighted by Gasteiger charge is 2.31. The van der Waals surface area contributed by atoms with E-state index in [9.17, 15) is 0 Å². The molecule has 0 spiro atoms. The molecule has 5 heteroatoms. The summed E-state index contributed by atoms with van der Waals surface area (Å²) >= 11 is 0. The molecular weight excluding hydrogens is 140 g/mol. The number of rotatable bonds is 4. The molecule has 0 heterocycles. The minimum absolute atomic E-state index is 0.173. The maximum Gasteiger partial charge on any atom is 0.213 e. The summed E-state index contributed by atoms with van der Waals surface area (Å²) in [6, 6.07) is 0. The minimum atomic E-state index is -2.50. The highest BCUT2D eigenvalue weighted by Crippen LogP contribution is 2.07. The molecule has 0 fully saturated rings. The van der Waals surface area contributed by atoms with Crippen LogP contribution in [0.15, 0.2) is 0 Å². The van der Waals surface area contributed by atoms with E-state index in [1.54, 1.807) is 0 Å². The summed E-state index contributed by atoms with van der Waals surface area (Å²) in [7, 11) is 0. The SMILES string of the molecule is OCC[C@@H](O)C(O)(O)CO. The summed E-state index contributed by atoms with van der Waals surface area (Å²) in [4.78, 5) is 0. The fraction of sp³-hybridized carbons (Fsp3) is 1.00. The Bertz CT molecular complexity index is 92.0. The molecule has 0 amide bonds. The van der Waals surface area contributed by atoms with Gasteiger partial charge in [0.2, 0.25) is 5.79 Å². The van der Waals surface area contributed by atoms with Gasteiger partial charge >= 0.3 is 0 Å². The summed E-state index contributed by atoms with van der Waals surface area (Å²) in [6.45, 7) is -1.31. The minimum Gasteiger partial charge on any atom is -0.396 e. The van der Waals surface area contributed by atoms with Crippen LogP contribution in [0.2, 0.25) is 0 Å². The van der Waals surface area contributed by atoms with Gasteiger partial charge in [0.05, 0.1) is 6.61 Å². The van der Waals surface area contributed by atoms with Gasteiger partial charge in [-0.05, 0) is 0 Å². The molecule has 5 nitrogen and oxygen atoms in total. The van der Waals surface area contributed by atoms with Crippen molar-refractivity contribution in [1.29, 1.82) is 0 Å². The first kappa shape index (κ1) is 9.80. The predicted molar refractivity (Wildman–Crippen MR) is 32.0 cm³/mol. The maximum absolute atomic E-state index is 8.76. The third-order valence-electron chi connectivity index (χ3n) is 1.17. The van der Waals surface area contributed by atoms with Crippen molar-refractivity contribution in [3.63, 3.8) is 0 Å². The van der Waals surface area contributed by atoms with E-state index < -0.39 is 18.5 Å². The molecule has 0 rings (SSSR count). The zero-order valence-corrected chi connectivity index (χ0v) is 5.43. The zero-order chi connectivity index (χ0) is 8.20. The molecule has 1 atom stereocenters. The second kappa shape index (κ2) is 3.85. The smallest absolute Gasteiger partial charge is 0.213 e. The Hall–Kier alpha value is -0.200. The quantitative estimate of drug-likeness (QED) is 0.284. The largest absolute Gasteiger partial charge is 0.396 e. The lowest BCUT2D eigenvalue weighted by atomic mass is 10.1. The summed E-state index contributed by atoms with van der Waals surface area (Å²) in [5, 5.41) is 42.6. The van der Waals surface area contributed by atoms with E-state index in [4.69, 9.17) is 25.5 Å². The first-order valence-corrected chi connectivity index (χ1v) is 2.89. The Morgan fingerprint density at radius 2 is 1.70 bits per heavy atom. The lowest BCUT2D eigenvalue weighted by Crippen LogP contribution is -2.45. The van der Waals surface area contributed by atoms with Crippen LogP contribution in [0.3, 0.4) is 0 Å². The molecule has 0 bridgehead atoms. The molecule has 5 N–H and O–H groups in total. The van der Waals surface area contributed by atoms with Gasteiger partial charge in [-0.1, -0.05) is 0 Å². The molecule has 0 saturated carbocycles. The van der Waals surface area contributed by atoms with E-state index in [1.165, 1.54) is 0 Å². The zero-order valence-electron chi connectivity index (χ0n) is 5.43. The van der Waals surface area contributed by atoms with Gasteiger partial charge in [-0.3, -0.25) is 0 Å². The highest BCUT2D eigenvalue weighted by molar-refractivity contribution is 4.72. The summed E-state index contributed by atoms with van der Waals surface area (Å²) in [5.41, 5.74) is 0. The molecule has 0 radical (unpaired) electrons. The standard InChI is InChI=1S/C5H12O5/c6-2-1-4(8)5(9,10)3-7/h4,6-10H,1-3H2/t4-/m1/s1. The second-order valence-corrected chi connectivity index (χ2v) is 2.06. The summed E-state index contributed by atoms with van der Waals surface area (Å²) in [6.07, 6.45) is -1.68.